The summed E-state index contributed by atoms with van der Waals surface area (Å²) in [6, 6.07) is 179. The van der Waals surface area contributed by atoms with E-state index in [2.05, 4.69) is 537 Å². The Kier molecular flexibility index (Phi) is 17.9. The van der Waals surface area contributed by atoms with Gasteiger partial charge in [-0.2, -0.15) is 0 Å². The molecule has 0 atom stereocenters. The molecule has 0 saturated heterocycles. The molecule has 0 spiro atoms. The highest BCUT2D eigenvalue weighted by atomic mass is 15.2. The summed E-state index contributed by atoms with van der Waals surface area (Å²) in [6.45, 7) is 6.54. The van der Waals surface area contributed by atoms with Gasteiger partial charge in [-0.25, -0.2) is 0 Å². The Morgan fingerprint density at radius 3 is 0.688 bits per heavy atom. The van der Waals surface area contributed by atoms with Gasteiger partial charge in [0.1, 0.15) is 0 Å². The fourth-order valence-corrected chi connectivity index (χ4v) is 25.0. The summed E-state index contributed by atoms with van der Waals surface area (Å²) in [5.41, 5.74) is 43.3. The van der Waals surface area contributed by atoms with E-state index in [9.17, 15) is 0 Å². The second-order valence-electron chi connectivity index (χ2n) is 39.2. The van der Waals surface area contributed by atoms with E-state index in [1.165, 1.54) is 214 Å². The monoisotopic (exact) mass is 1830 g/mol. The van der Waals surface area contributed by atoms with Gasteiger partial charge in [-0.15, -0.1) is 0 Å². The van der Waals surface area contributed by atoms with Crippen molar-refractivity contribution in [2.45, 2.75) is 27.2 Å². The van der Waals surface area contributed by atoms with Crippen molar-refractivity contribution < 1.29 is 0 Å². The van der Waals surface area contributed by atoms with Crippen LogP contribution >= 0.6 is 0 Å². The van der Waals surface area contributed by atoms with Crippen molar-refractivity contribution in [3.63, 3.8) is 0 Å². The first-order valence-electron chi connectivity index (χ1n) is 50.0. The fraction of sp³-hybridized carbons (Fsp3) is 0.0294. The van der Waals surface area contributed by atoms with Gasteiger partial charge in [-0.1, -0.05) is 315 Å². The number of aromatic nitrogens is 4. The predicted molar refractivity (Wildman–Crippen MR) is 609 cm³/mol. The lowest BCUT2D eigenvalue weighted by Crippen LogP contribution is -2.10. The van der Waals surface area contributed by atoms with E-state index >= 15 is 0 Å². The molecule has 30 aromatic rings. The number of rotatable bonds is 18. The first kappa shape index (κ1) is 81.3. The first-order chi connectivity index (χ1) is 71.2. The van der Waals surface area contributed by atoms with Crippen molar-refractivity contribution >= 4 is 221 Å². The second-order valence-corrected chi connectivity index (χ2v) is 39.2. The summed E-state index contributed by atoms with van der Waals surface area (Å²) in [5, 5.41) is 19.6. The number of anilines is 12. The van der Waals surface area contributed by atoms with Gasteiger partial charge in [0.05, 0.1) is 66.2 Å². The van der Waals surface area contributed by atoms with Crippen LogP contribution in [-0.4, -0.2) is 17.6 Å². The third-order valence-electron chi connectivity index (χ3n) is 30.9. The zero-order valence-corrected chi connectivity index (χ0v) is 79.4. The van der Waals surface area contributed by atoms with Crippen LogP contribution in [0.5, 0.6) is 0 Å². The Labute approximate surface area is 830 Å². The Bertz CT molecular complexity index is 10400. The second kappa shape index (κ2) is 31.6. The molecule has 0 bridgehead atoms. The third kappa shape index (κ3) is 12.0. The molecule has 8 heterocycles. The minimum Gasteiger partial charge on any atom is -0.310 e. The van der Waals surface area contributed by atoms with E-state index in [0.717, 1.165) is 85.7 Å². The molecule has 0 N–H and O–H groups in total. The van der Waals surface area contributed by atoms with E-state index < -0.39 is 0 Å². The number of fused-ring (bicyclic) bond motifs is 24. The highest BCUT2D eigenvalue weighted by Gasteiger charge is 2.36. The highest BCUT2D eigenvalue weighted by Crippen LogP contribution is 2.59. The average molecular weight is 1840 g/mol. The summed E-state index contributed by atoms with van der Waals surface area (Å²) in [7, 11) is 0. The Morgan fingerprint density at radius 2 is 0.382 bits per heavy atom. The normalized spacial score (nSPS) is 12.2. The number of hydrogen-bond donors (Lipinski definition) is 0. The van der Waals surface area contributed by atoms with E-state index in [0.29, 0.717) is 0 Å². The van der Waals surface area contributed by atoms with E-state index in [1.807, 2.05) is 0 Å². The molecular weight excluding hydrogens is 1750 g/mol. The predicted octanol–water partition coefficient (Wildman–Crippen LogP) is 37.4. The van der Waals surface area contributed by atoms with Crippen molar-refractivity contribution in [1.29, 1.82) is 0 Å². The molecule has 0 amide bonds. The summed E-state index contributed by atoms with van der Waals surface area (Å²) in [6.07, 6.45) is 0.727. The van der Waals surface area contributed by atoms with Gasteiger partial charge < -0.3 is 37.2 Å². The van der Waals surface area contributed by atoms with Crippen molar-refractivity contribution in [2.75, 3.05) is 19.6 Å². The lowest BCUT2D eigenvalue weighted by molar-refractivity contribution is 1.17. The van der Waals surface area contributed by atoms with Gasteiger partial charge in [0.2, 0.25) is 0 Å². The maximum atomic E-state index is 2.64. The molecule has 0 saturated carbocycles. The number of nitrogens with zero attached hydrogens (tertiary/aromatic N) is 8. The molecule has 22 aromatic carbocycles. The molecular formula is C136H90N8. The Balaban J connectivity index is 0.537. The standard InChI is InChI=1S/C136H90N8/c1-84-60-64-96(65-61-84)137(93-43-19-8-20-44-93)101-68-72-117-113(80-101)105-52-28-56-109-125-122(90-37-13-5-14-38-90)134-126(121(89-35-11-4-12-36-89)133(125)141(117)129(105)109)110-57-29-53-106-114-81-102(69-73-118(114)142(134)130(106)110)138(94-45-21-9-22-46-94)97-66-62-87(63-67-97)78-88-34-27-51-100(79-88)140(99-50-26-33-86(3)77-99)104-71-75-120-116(83-104)108-55-31-59-112-128-123(91-39-15-6-16-40-91)135-127(124(92-41-17-7-18-42-92)136(128)144(120)132(108)112)111-58-30-54-107-115-82-103(70-74-119(115)143(135)131(107)111)139(95-47-23-10-24-48-95)98-49-25-32-85(2)76-98/h4-77,79-83H,78H2,1-3H3. The minimum absolute atomic E-state index is 0.727. The van der Waals surface area contributed by atoms with Gasteiger partial charge in [0.25, 0.3) is 0 Å². The maximum absolute atomic E-state index is 2.64. The van der Waals surface area contributed by atoms with E-state index in [4.69, 9.17) is 0 Å². The lowest BCUT2D eigenvalue weighted by Gasteiger charge is -2.27. The zero-order chi connectivity index (χ0) is 94.8. The summed E-state index contributed by atoms with van der Waals surface area (Å²) >= 11 is 0. The quantitative estimate of drug-likeness (QED) is 0.0857. The Morgan fingerprint density at radius 1 is 0.153 bits per heavy atom. The summed E-state index contributed by atoms with van der Waals surface area (Å²) < 4.78 is 10.5. The molecule has 0 fully saturated rings. The number of para-hydroxylation sites is 7. The molecule has 674 valence electrons. The van der Waals surface area contributed by atoms with Crippen LogP contribution in [0.2, 0.25) is 0 Å². The van der Waals surface area contributed by atoms with Gasteiger partial charge >= 0.3 is 0 Å². The van der Waals surface area contributed by atoms with Crippen molar-refractivity contribution in [2.24, 2.45) is 0 Å². The van der Waals surface area contributed by atoms with E-state index in [-0.39, 0.29) is 0 Å². The number of hydrogen-bond acceptors (Lipinski definition) is 4. The molecule has 0 unspecified atom stereocenters. The molecule has 8 heteroatoms. The molecule has 30 rings (SSSR count). The molecule has 8 nitrogen and oxygen atoms in total. The van der Waals surface area contributed by atoms with Crippen molar-refractivity contribution in [3.8, 4) is 44.5 Å². The van der Waals surface area contributed by atoms with Crippen LogP contribution in [0.1, 0.15) is 27.8 Å². The van der Waals surface area contributed by atoms with Crippen LogP contribution in [-0.2, 0) is 6.42 Å². The molecule has 8 aromatic heterocycles. The zero-order valence-electron chi connectivity index (χ0n) is 79.4. The third-order valence-corrected chi connectivity index (χ3v) is 30.9. The van der Waals surface area contributed by atoms with E-state index in [1.54, 1.807) is 0 Å². The van der Waals surface area contributed by atoms with Crippen LogP contribution in [0.25, 0.3) is 197 Å². The van der Waals surface area contributed by atoms with Crippen molar-refractivity contribution in [3.05, 3.63) is 507 Å². The van der Waals surface area contributed by atoms with Crippen LogP contribution in [0.3, 0.4) is 0 Å². The maximum Gasteiger partial charge on any atom is 0.0634 e. The largest absolute Gasteiger partial charge is 0.310 e. The smallest absolute Gasteiger partial charge is 0.0634 e. The minimum atomic E-state index is 0.727. The van der Waals surface area contributed by atoms with Gasteiger partial charge in [0.15, 0.2) is 0 Å². The SMILES string of the molecule is Cc1ccc(N(c2ccccc2)c2ccc3c(c2)c2cccc4c5c(-c6ccccc6)c6c(c(-c7ccccc7)c5n3c24)c2cccc3c4cc(N(c5ccccc5)c5ccc(Cc7cccc(N(c8cccc(C)c8)c8ccc9c(c8)c8cccc%10c%11c(-c%12ccccc%12)c%12c(c(-c%13ccccc%13)c%11n9c8%10)c8cccc9c%10cc(N(c%11ccccc%11)c%11cccc(C)c%11)ccc%10n%12c98)c7)cc5)ccc4n6c32)cc1. The van der Waals surface area contributed by atoms with Crippen molar-refractivity contribution in [1.82, 2.24) is 17.6 Å². The van der Waals surface area contributed by atoms with Crippen LogP contribution in [0, 0.1) is 20.8 Å². The van der Waals surface area contributed by atoms with Crippen LogP contribution in [0.15, 0.2) is 479 Å². The molecule has 0 aliphatic rings. The lowest BCUT2D eigenvalue weighted by atomic mass is 9.89. The number of aryl methyl sites for hydroxylation is 3. The van der Waals surface area contributed by atoms with Crippen LogP contribution in [0.4, 0.5) is 68.2 Å². The van der Waals surface area contributed by atoms with Gasteiger partial charge in [-0.3, -0.25) is 0 Å². The fourth-order valence-electron chi connectivity index (χ4n) is 25.0. The topological polar surface area (TPSA) is 30.6 Å². The average Bonchev–Trinajstić information content (AvgIpc) is 1.50. The molecule has 0 aliphatic carbocycles. The number of benzene rings is 22. The first-order valence-corrected chi connectivity index (χ1v) is 50.0. The van der Waals surface area contributed by atoms with Crippen LogP contribution < -0.4 is 19.6 Å². The Hall–Kier alpha value is -18.8. The van der Waals surface area contributed by atoms with Gasteiger partial charge in [-0.05, 0) is 242 Å². The summed E-state index contributed by atoms with van der Waals surface area (Å²) in [4.78, 5) is 9.70. The molecule has 0 radical (unpaired) electrons. The summed E-state index contributed by atoms with van der Waals surface area (Å²) in [5.74, 6) is 0. The highest BCUT2D eigenvalue weighted by molar-refractivity contribution is 6.41. The van der Waals surface area contributed by atoms with Gasteiger partial charge in [0, 0.05) is 177 Å². The molecule has 0 aliphatic heterocycles. The molecule has 144 heavy (non-hydrogen) atoms.